The lowest BCUT2D eigenvalue weighted by molar-refractivity contribution is -0.134. The van der Waals surface area contributed by atoms with Gasteiger partial charge in [0.1, 0.15) is 11.5 Å². The lowest BCUT2D eigenvalue weighted by Crippen LogP contribution is -2.34. The molecule has 0 unspecified atom stereocenters. The van der Waals surface area contributed by atoms with Gasteiger partial charge in [0.25, 0.3) is 5.91 Å². The van der Waals surface area contributed by atoms with E-state index < -0.39 is 0 Å². The van der Waals surface area contributed by atoms with E-state index >= 15 is 0 Å². The van der Waals surface area contributed by atoms with Gasteiger partial charge in [-0.3, -0.25) is 4.79 Å². The molecular formula is C22H22BrNO3. The molecule has 0 radical (unpaired) electrons. The van der Waals surface area contributed by atoms with Gasteiger partial charge in [0.2, 0.25) is 0 Å². The maximum atomic E-state index is 12.8. The topological polar surface area (TPSA) is 42.7 Å². The molecule has 5 heteroatoms. The molecule has 0 spiro atoms. The summed E-state index contributed by atoms with van der Waals surface area (Å²) in [7, 11) is 0. The fourth-order valence-electron chi connectivity index (χ4n) is 2.69. The van der Waals surface area contributed by atoms with Crippen molar-refractivity contribution < 1.29 is 13.9 Å². The van der Waals surface area contributed by atoms with Crippen LogP contribution in [0.1, 0.15) is 23.8 Å². The normalized spacial score (nSPS) is 10.6. The molecule has 3 aromatic rings. The van der Waals surface area contributed by atoms with Crippen molar-refractivity contribution in [3.05, 3.63) is 88.3 Å². The molecule has 1 amide bonds. The second-order valence-electron chi connectivity index (χ2n) is 6.24. The average Bonchev–Trinajstić information content (AvgIpc) is 3.20. The SMILES string of the molecule is CCc1ccc(CN(Cc2ccco2)C(=O)COc2ccc(Br)cc2)cc1. The molecule has 0 saturated heterocycles. The number of ether oxygens (including phenoxy) is 1. The lowest BCUT2D eigenvalue weighted by atomic mass is 10.1. The van der Waals surface area contributed by atoms with E-state index in [-0.39, 0.29) is 12.5 Å². The smallest absolute Gasteiger partial charge is 0.261 e. The summed E-state index contributed by atoms with van der Waals surface area (Å²) in [6, 6.07) is 19.5. The van der Waals surface area contributed by atoms with Crippen molar-refractivity contribution in [1.82, 2.24) is 4.90 Å². The van der Waals surface area contributed by atoms with Crippen molar-refractivity contribution in [2.75, 3.05) is 6.61 Å². The van der Waals surface area contributed by atoms with E-state index in [0.717, 1.165) is 22.2 Å². The molecule has 0 saturated carbocycles. The summed E-state index contributed by atoms with van der Waals surface area (Å²) < 4.78 is 12.0. The third-order valence-electron chi connectivity index (χ3n) is 4.26. The van der Waals surface area contributed by atoms with Crippen LogP contribution in [-0.2, 0) is 24.3 Å². The Hall–Kier alpha value is -2.53. The fraction of sp³-hybridized carbons (Fsp3) is 0.227. The molecule has 0 N–H and O–H groups in total. The Morgan fingerprint density at radius 3 is 2.33 bits per heavy atom. The number of hydrogen-bond donors (Lipinski definition) is 0. The molecule has 0 fully saturated rings. The van der Waals surface area contributed by atoms with Crippen LogP contribution in [0.3, 0.4) is 0 Å². The molecule has 0 bridgehead atoms. The number of aryl methyl sites for hydroxylation is 1. The Kier molecular flexibility index (Phi) is 6.71. The van der Waals surface area contributed by atoms with Crippen LogP contribution in [0.15, 0.2) is 75.8 Å². The number of carbonyl (C=O) groups is 1. The zero-order chi connectivity index (χ0) is 19.1. The van der Waals surface area contributed by atoms with Gasteiger partial charge < -0.3 is 14.1 Å². The predicted octanol–water partition coefficient (Wildman–Crippen LogP) is 5.21. The zero-order valence-electron chi connectivity index (χ0n) is 15.2. The minimum Gasteiger partial charge on any atom is -0.484 e. The molecule has 2 aromatic carbocycles. The van der Waals surface area contributed by atoms with Crippen LogP contribution in [0.25, 0.3) is 0 Å². The Bertz CT molecular complexity index is 842. The van der Waals surface area contributed by atoms with Gasteiger partial charge in [0, 0.05) is 11.0 Å². The van der Waals surface area contributed by atoms with Crippen molar-refractivity contribution in [2.24, 2.45) is 0 Å². The first kappa shape index (κ1) is 19.2. The number of rotatable bonds is 8. The van der Waals surface area contributed by atoms with Gasteiger partial charge in [-0.1, -0.05) is 47.1 Å². The highest BCUT2D eigenvalue weighted by molar-refractivity contribution is 9.10. The summed E-state index contributed by atoms with van der Waals surface area (Å²) in [6.07, 6.45) is 2.61. The van der Waals surface area contributed by atoms with Gasteiger partial charge in [0.15, 0.2) is 6.61 Å². The van der Waals surface area contributed by atoms with Gasteiger partial charge in [0.05, 0.1) is 12.8 Å². The van der Waals surface area contributed by atoms with Gasteiger partial charge in [-0.2, -0.15) is 0 Å². The molecule has 27 heavy (non-hydrogen) atoms. The molecular weight excluding hydrogens is 406 g/mol. The van der Waals surface area contributed by atoms with Gasteiger partial charge in [-0.25, -0.2) is 0 Å². The van der Waals surface area contributed by atoms with E-state index in [4.69, 9.17) is 9.15 Å². The standard InChI is InChI=1S/C22H22BrNO3/c1-2-17-5-7-18(8-6-17)14-24(15-21-4-3-13-26-21)22(25)16-27-20-11-9-19(23)10-12-20/h3-13H,2,14-16H2,1H3. The van der Waals surface area contributed by atoms with E-state index in [1.54, 1.807) is 11.2 Å². The number of carbonyl (C=O) groups excluding carboxylic acids is 1. The Morgan fingerprint density at radius 1 is 1.00 bits per heavy atom. The number of furan rings is 1. The van der Waals surface area contributed by atoms with Crippen LogP contribution >= 0.6 is 15.9 Å². The van der Waals surface area contributed by atoms with E-state index in [1.807, 2.05) is 36.4 Å². The summed E-state index contributed by atoms with van der Waals surface area (Å²) in [6.45, 7) is 3.02. The predicted molar refractivity (Wildman–Crippen MR) is 108 cm³/mol. The quantitative estimate of drug-likeness (QED) is 0.495. The summed E-state index contributed by atoms with van der Waals surface area (Å²) in [5, 5.41) is 0. The zero-order valence-corrected chi connectivity index (χ0v) is 16.8. The number of hydrogen-bond acceptors (Lipinski definition) is 3. The van der Waals surface area contributed by atoms with E-state index in [0.29, 0.717) is 18.8 Å². The molecule has 1 heterocycles. The summed E-state index contributed by atoms with van der Waals surface area (Å²) >= 11 is 3.39. The van der Waals surface area contributed by atoms with Crippen molar-refractivity contribution in [3.63, 3.8) is 0 Å². The molecule has 0 atom stereocenters. The molecule has 0 aliphatic carbocycles. The van der Waals surface area contributed by atoms with E-state index in [9.17, 15) is 4.79 Å². The second-order valence-corrected chi connectivity index (χ2v) is 7.16. The third kappa shape index (κ3) is 5.73. The maximum absolute atomic E-state index is 12.8. The van der Waals surface area contributed by atoms with Crippen molar-refractivity contribution >= 4 is 21.8 Å². The van der Waals surface area contributed by atoms with Crippen molar-refractivity contribution in [1.29, 1.82) is 0 Å². The number of benzene rings is 2. The van der Waals surface area contributed by atoms with Crippen LogP contribution in [-0.4, -0.2) is 17.4 Å². The molecule has 1 aromatic heterocycles. The van der Waals surface area contributed by atoms with Gasteiger partial charge in [-0.15, -0.1) is 0 Å². The molecule has 140 valence electrons. The van der Waals surface area contributed by atoms with Crippen molar-refractivity contribution in [3.8, 4) is 5.75 Å². The highest BCUT2D eigenvalue weighted by atomic mass is 79.9. The highest BCUT2D eigenvalue weighted by Crippen LogP contribution is 2.17. The highest BCUT2D eigenvalue weighted by Gasteiger charge is 2.17. The summed E-state index contributed by atoms with van der Waals surface area (Å²) in [5.41, 5.74) is 2.36. The van der Waals surface area contributed by atoms with E-state index in [2.05, 4.69) is 47.1 Å². The van der Waals surface area contributed by atoms with Crippen LogP contribution in [0.5, 0.6) is 5.75 Å². The first-order valence-electron chi connectivity index (χ1n) is 8.90. The van der Waals surface area contributed by atoms with Gasteiger partial charge in [-0.05, 0) is 53.9 Å². The Labute approximate surface area is 167 Å². The minimum absolute atomic E-state index is 0.0185. The number of halogens is 1. The monoisotopic (exact) mass is 427 g/mol. The summed E-state index contributed by atoms with van der Waals surface area (Å²) in [5.74, 6) is 1.32. The van der Waals surface area contributed by atoms with E-state index in [1.165, 1.54) is 5.56 Å². The Morgan fingerprint density at radius 2 is 1.70 bits per heavy atom. The molecule has 4 nitrogen and oxygen atoms in total. The Balaban J connectivity index is 1.67. The third-order valence-corrected chi connectivity index (χ3v) is 4.79. The average molecular weight is 428 g/mol. The first-order chi connectivity index (χ1) is 13.1. The van der Waals surface area contributed by atoms with Gasteiger partial charge >= 0.3 is 0 Å². The molecule has 0 aliphatic rings. The summed E-state index contributed by atoms with van der Waals surface area (Å²) in [4.78, 5) is 14.5. The second kappa shape index (κ2) is 9.42. The number of amides is 1. The molecule has 3 rings (SSSR count). The van der Waals surface area contributed by atoms with Crippen LogP contribution < -0.4 is 4.74 Å². The first-order valence-corrected chi connectivity index (χ1v) is 9.69. The van der Waals surface area contributed by atoms with Crippen LogP contribution in [0, 0.1) is 0 Å². The van der Waals surface area contributed by atoms with Crippen LogP contribution in [0.4, 0.5) is 0 Å². The molecule has 0 aliphatic heterocycles. The van der Waals surface area contributed by atoms with Crippen LogP contribution in [0.2, 0.25) is 0 Å². The maximum Gasteiger partial charge on any atom is 0.261 e. The number of nitrogens with zero attached hydrogens (tertiary/aromatic N) is 1. The minimum atomic E-state index is -0.0890. The fourth-order valence-corrected chi connectivity index (χ4v) is 2.96. The lowest BCUT2D eigenvalue weighted by Gasteiger charge is -2.22. The van der Waals surface area contributed by atoms with Crippen molar-refractivity contribution in [2.45, 2.75) is 26.4 Å². The largest absolute Gasteiger partial charge is 0.484 e.